The first-order chi connectivity index (χ1) is 9.99. The molecule has 0 unspecified atom stereocenters. The van der Waals surface area contributed by atoms with Gasteiger partial charge in [0.25, 0.3) is 5.96 Å². The Kier molecular flexibility index (Phi) is 4.92. The van der Waals surface area contributed by atoms with Gasteiger partial charge < -0.3 is 9.80 Å². The van der Waals surface area contributed by atoms with E-state index in [0.717, 1.165) is 12.1 Å². The zero-order valence-corrected chi connectivity index (χ0v) is 12.7. The largest absolute Gasteiger partial charge is 0.328 e. The van der Waals surface area contributed by atoms with Crippen molar-refractivity contribution in [2.75, 3.05) is 26.9 Å². The van der Waals surface area contributed by atoms with Crippen LogP contribution in [0, 0.1) is 10.1 Å². The molecule has 9 heteroatoms. The molecule has 0 aliphatic carbocycles. The number of hydrogen-bond donors (Lipinski definition) is 0. The highest BCUT2D eigenvalue weighted by atomic mass is 35.5. The van der Waals surface area contributed by atoms with Gasteiger partial charge in [0, 0.05) is 19.8 Å². The molecule has 1 aromatic heterocycles. The summed E-state index contributed by atoms with van der Waals surface area (Å²) in [5.74, 6) is 0.347. The Morgan fingerprint density at radius 3 is 2.81 bits per heavy atom. The third-order valence-electron chi connectivity index (χ3n) is 3.19. The topological polar surface area (TPSA) is 78.1 Å². The molecular weight excluding hydrogens is 296 g/mol. The average Bonchev–Trinajstić information content (AvgIpc) is 2.44. The van der Waals surface area contributed by atoms with Gasteiger partial charge in [-0.3, -0.25) is 4.90 Å². The summed E-state index contributed by atoms with van der Waals surface area (Å²) in [5.41, 5.74) is 0.918. The van der Waals surface area contributed by atoms with Gasteiger partial charge in [-0.2, -0.15) is 0 Å². The minimum absolute atomic E-state index is 0.347. The quantitative estimate of drug-likeness (QED) is 0.473. The van der Waals surface area contributed by atoms with Crippen molar-refractivity contribution in [2.24, 2.45) is 5.10 Å². The van der Waals surface area contributed by atoms with E-state index >= 15 is 0 Å². The molecule has 0 bridgehead atoms. The van der Waals surface area contributed by atoms with Gasteiger partial charge in [0.1, 0.15) is 10.3 Å². The summed E-state index contributed by atoms with van der Waals surface area (Å²) in [7, 11) is 1.79. The molecule has 0 saturated carbocycles. The SMILES string of the molecule is CCN1CN(C)/C(=N\[N+](=O)[O-])N(Cc2ccc(Cl)nc2)C1. The van der Waals surface area contributed by atoms with Gasteiger partial charge >= 0.3 is 0 Å². The van der Waals surface area contributed by atoms with Gasteiger partial charge in [-0.1, -0.05) is 24.6 Å². The fraction of sp³-hybridized carbons (Fsp3) is 0.500. The molecule has 0 radical (unpaired) electrons. The molecule has 1 saturated heterocycles. The first-order valence-corrected chi connectivity index (χ1v) is 6.89. The second-order valence-electron chi connectivity index (χ2n) is 4.79. The molecule has 8 nitrogen and oxygen atoms in total. The molecule has 1 aliphatic heterocycles. The summed E-state index contributed by atoms with van der Waals surface area (Å²) < 4.78 is 0. The fourth-order valence-corrected chi connectivity index (χ4v) is 2.32. The number of nitrogens with zero attached hydrogens (tertiary/aromatic N) is 6. The first-order valence-electron chi connectivity index (χ1n) is 6.51. The van der Waals surface area contributed by atoms with E-state index in [4.69, 9.17) is 11.6 Å². The summed E-state index contributed by atoms with van der Waals surface area (Å²) in [6.07, 6.45) is 1.66. The first kappa shape index (κ1) is 15.5. The Labute approximate surface area is 127 Å². The second kappa shape index (κ2) is 6.68. The number of guanidine groups is 1. The minimum atomic E-state index is -0.666. The number of hydrogen-bond acceptors (Lipinski definition) is 4. The van der Waals surface area contributed by atoms with Crippen LogP contribution < -0.4 is 0 Å². The molecule has 0 aromatic carbocycles. The molecule has 0 atom stereocenters. The molecule has 0 amide bonds. The van der Waals surface area contributed by atoms with Crippen LogP contribution in [0.15, 0.2) is 23.4 Å². The lowest BCUT2D eigenvalue weighted by Crippen LogP contribution is -2.57. The van der Waals surface area contributed by atoms with E-state index in [1.807, 2.05) is 17.9 Å². The van der Waals surface area contributed by atoms with Crippen LogP contribution in [-0.2, 0) is 6.54 Å². The Morgan fingerprint density at radius 1 is 1.48 bits per heavy atom. The number of hydrazone groups is 1. The van der Waals surface area contributed by atoms with Crippen molar-refractivity contribution < 1.29 is 5.03 Å². The zero-order chi connectivity index (χ0) is 15.4. The van der Waals surface area contributed by atoms with Crippen molar-refractivity contribution >= 4 is 17.6 Å². The molecule has 1 aromatic rings. The monoisotopic (exact) mass is 312 g/mol. The smallest absolute Gasteiger partial charge is 0.276 e. The van der Waals surface area contributed by atoms with Gasteiger partial charge in [0.05, 0.1) is 13.3 Å². The molecule has 0 spiro atoms. The number of halogens is 1. The van der Waals surface area contributed by atoms with E-state index < -0.39 is 5.03 Å². The van der Waals surface area contributed by atoms with Crippen LogP contribution in [0.25, 0.3) is 0 Å². The second-order valence-corrected chi connectivity index (χ2v) is 5.18. The van der Waals surface area contributed by atoms with E-state index in [9.17, 15) is 10.1 Å². The summed E-state index contributed by atoms with van der Waals surface area (Å²) in [4.78, 5) is 20.5. The summed E-state index contributed by atoms with van der Waals surface area (Å²) in [6, 6.07) is 3.55. The molecule has 114 valence electrons. The lowest BCUT2D eigenvalue weighted by Gasteiger charge is -2.41. The summed E-state index contributed by atoms with van der Waals surface area (Å²) in [5, 5.41) is 14.0. The Hall–Kier alpha value is -1.93. The van der Waals surface area contributed by atoms with Crippen molar-refractivity contribution in [3.05, 3.63) is 39.2 Å². The summed E-state index contributed by atoms with van der Waals surface area (Å²) in [6.45, 7) is 4.57. The highest BCUT2D eigenvalue weighted by molar-refractivity contribution is 6.29. The Bertz CT molecular complexity index is 535. The molecule has 1 fully saturated rings. The lowest BCUT2D eigenvalue weighted by molar-refractivity contribution is -0.486. The van der Waals surface area contributed by atoms with Crippen LogP contribution in [0.5, 0.6) is 0 Å². The molecule has 2 rings (SSSR count). The van der Waals surface area contributed by atoms with E-state index in [0.29, 0.717) is 31.0 Å². The number of nitro groups is 1. The van der Waals surface area contributed by atoms with Crippen LogP contribution in [0.1, 0.15) is 12.5 Å². The van der Waals surface area contributed by atoms with Gasteiger partial charge in [0.15, 0.2) is 5.03 Å². The molecular formula is C12H17ClN6O2. The number of aromatic nitrogens is 1. The third-order valence-corrected chi connectivity index (χ3v) is 3.41. The van der Waals surface area contributed by atoms with E-state index in [1.165, 1.54) is 0 Å². The maximum absolute atomic E-state index is 10.7. The summed E-state index contributed by atoms with van der Waals surface area (Å²) >= 11 is 5.77. The highest BCUT2D eigenvalue weighted by Crippen LogP contribution is 2.14. The fourth-order valence-electron chi connectivity index (χ4n) is 2.21. The van der Waals surface area contributed by atoms with E-state index in [-0.39, 0.29) is 0 Å². The van der Waals surface area contributed by atoms with Crippen LogP contribution in [0.2, 0.25) is 5.15 Å². The highest BCUT2D eigenvalue weighted by Gasteiger charge is 2.28. The van der Waals surface area contributed by atoms with Crippen LogP contribution >= 0.6 is 11.6 Å². The maximum atomic E-state index is 10.7. The van der Waals surface area contributed by atoms with Gasteiger partial charge in [-0.05, 0) is 18.2 Å². The van der Waals surface area contributed by atoms with Crippen molar-refractivity contribution in [2.45, 2.75) is 13.5 Å². The van der Waals surface area contributed by atoms with E-state index in [1.54, 1.807) is 24.2 Å². The Morgan fingerprint density at radius 2 is 2.24 bits per heavy atom. The van der Waals surface area contributed by atoms with Crippen molar-refractivity contribution in [3.8, 4) is 0 Å². The molecule has 21 heavy (non-hydrogen) atoms. The van der Waals surface area contributed by atoms with Crippen LogP contribution in [0.3, 0.4) is 0 Å². The average molecular weight is 313 g/mol. The van der Waals surface area contributed by atoms with Gasteiger partial charge in [-0.15, -0.1) is 0 Å². The van der Waals surface area contributed by atoms with Crippen LogP contribution in [-0.4, -0.2) is 57.6 Å². The molecule has 2 heterocycles. The minimum Gasteiger partial charge on any atom is -0.328 e. The third kappa shape index (κ3) is 4.02. The normalized spacial score (nSPS) is 18.3. The van der Waals surface area contributed by atoms with Crippen molar-refractivity contribution in [1.82, 2.24) is 19.7 Å². The van der Waals surface area contributed by atoms with Gasteiger partial charge in [-0.25, -0.2) is 15.1 Å². The van der Waals surface area contributed by atoms with Gasteiger partial charge in [0.2, 0.25) is 0 Å². The maximum Gasteiger partial charge on any atom is 0.276 e. The predicted molar refractivity (Wildman–Crippen MR) is 79.1 cm³/mol. The van der Waals surface area contributed by atoms with Crippen molar-refractivity contribution in [1.29, 1.82) is 0 Å². The lowest BCUT2D eigenvalue weighted by atomic mass is 10.2. The number of pyridine rings is 1. The van der Waals surface area contributed by atoms with Crippen LogP contribution in [0.4, 0.5) is 0 Å². The molecule has 1 aliphatic rings. The predicted octanol–water partition coefficient (Wildman–Crippen LogP) is 1.27. The van der Waals surface area contributed by atoms with E-state index in [2.05, 4.69) is 15.0 Å². The molecule has 0 N–H and O–H groups in total. The zero-order valence-electron chi connectivity index (χ0n) is 11.9. The standard InChI is InChI=1S/C12H17ClN6O2/c1-3-17-8-16(2)12(15-19(20)21)18(9-17)7-10-4-5-11(13)14-6-10/h4-6H,3,7-9H2,1-2H3/b15-12+. The number of rotatable bonds is 4. The Balaban J connectivity index is 2.21. The van der Waals surface area contributed by atoms with Crippen molar-refractivity contribution in [3.63, 3.8) is 0 Å².